The van der Waals surface area contributed by atoms with Gasteiger partial charge in [-0.05, 0) is 37.0 Å². The first-order valence-corrected chi connectivity index (χ1v) is 7.20. The summed E-state index contributed by atoms with van der Waals surface area (Å²) >= 11 is 0. The number of hydrogen-bond acceptors (Lipinski definition) is 2. The van der Waals surface area contributed by atoms with Crippen molar-refractivity contribution in [3.05, 3.63) is 48.0 Å². The first-order chi connectivity index (χ1) is 9.36. The zero-order chi connectivity index (χ0) is 13.1. The molecule has 0 unspecified atom stereocenters. The van der Waals surface area contributed by atoms with Crippen LogP contribution in [0.3, 0.4) is 0 Å². The number of imidazole rings is 1. The molecule has 0 amide bonds. The molecule has 1 saturated carbocycles. The van der Waals surface area contributed by atoms with E-state index in [9.17, 15) is 0 Å². The Morgan fingerprint density at radius 1 is 1.26 bits per heavy atom. The Kier molecular flexibility index (Phi) is 3.53. The highest BCUT2D eigenvalue weighted by atomic mass is 15.1. The molecule has 1 aliphatic carbocycles. The SMILES string of the molecule is CCCc1ccc(NCc2cncn2C2CC2)cc1. The van der Waals surface area contributed by atoms with Crippen molar-refractivity contribution in [2.45, 2.75) is 45.2 Å². The summed E-state index contributed by atoms with van der Waals surface area (Å²) in [6, 6.07) is 9.46. The molecular formula is C16H21N3. The van der Waals surface area contributed by atoms with Gasteiger partial charge >= 0.3 is 0 Å². The van der Waals surface area contributed by atoms with E-state index in [1.807, 2.05) is 12.5 Å². The fourth-order valence-corrected chi connectivity index (χ4v) is 2.42. The number of aryl methyl sites for hydroxylation is 1. The summed E-state index contributed by atoms with van der Waals surface area (Å²) < 4.78 is 2.30. The van der Waals surface area contributed by atoms with Crippen LogP contribution in [-0.2, 0) is 13.0 Å². The standard InChI is InChI=1S/C16H21N3/c1-2-3-13-4-6-14(7-5-13)18-11-16-10-17-12-19(16)15-8-9-15/h4-7,10,12,15,18H,2-3,8-9,11H2,1H3. The predicted octanol–water partition coefficient (Wildman–Crippen LogP) is 3.78. The minimum Gasteiger partial charge on any atom is -0.379 e. The molecular weight excluding hydrogens is 234 g/mol. The van der Waals surface area contributed by atoms with E-state index in [1.54, 1.807) is 0 Å². The molecule has 1 aromatic carbocycles. The summed E-state index contributed by atoms with van der Waals surface area (Å²) in [5, 5.41) is 3.48. The number of aromatic nitrogens is 2. The van der Waals surface area contributed by atoms with Crippen LogP contribution in [0.15, 0.2) is 36.8 Å². The molecule has 0 saturated heterocycles. The summed E-state index contributed by atoms with van der Waals surface area (Å²) in [5.41, 5.74) is 3.87. The summed E-state index contributed by atoms with van der Waals surface area (Å²) in [6.45, 7) is 3.06. The number of benzene rings is 1. The van der Waals surface area contributed by atoms with E-state index < -0.39 is 0 Å². The normalized spacial score (nSPS) is 14.6. The number of hydrogen-bond donors (Lipinski definition) is 1. The maximum absolute atomic E-state index is 4.26. The van der Waals surface area contributed by atoms with Crippen molar-refractivity contribution in [3.8, 4) is 0 Å². The lowest BCUT2D eigenvalue weighted by atomic mass is 10.1. The van der Waals surface area contributed by atoms with E-state index in [-0.39, 0.29) is 0 Å². The van der Waals surface area contributed by atoms with Gasteiger partial charge in [0.15, 0.2) is 0 Å². The summed E-state index contributed by atoms with van der Waals surface area (Å²) in [7, 11) is 0. The first kappa shape index (κ1) is 12.3. The van der Waals surface area contributed by atoms with Crippen molar-refractivity contribution >= 4 is 5.69 Å². The fourth-order valence-electron chi connectivity index (χ4n) is 2.42. The van der Waals surface area contributed by atoms with Crippen LogP contribution < -0.4 is 5.32 Å². The molecule has 1 aromatic heterocycles. The van der Waals surface area contributed by atoms with Gasteiger partial charge in [0.2, 0.25) is 0 Å². The zero-order valence-electron chi connectivity index (χ0n) is 11.5. The molecule has 0 bridgehead atoms. The van der Waals surface area contributed by atoms with Crippen molar-refractivity contribution in [1.29, 1.82) is 0 Å². The van der Waals surface area contributed by atoms with Gasteiger partial charge in [0.05, 0.1) is 18.6 Å². The molecule has 1 fully saturated rings. The van der Waals surface area contributed by atoms with E-state index in [2.05, 4.69) is 46.1 Å². The second-order valence-corrected chi connectivity index (χ2v) is 5.32. The van der Waals surface area contributed by atoms with Crippen molar-refractivity contribution in [1.82, 2.24) is 9.55 Å². The third-order valence-corrected chi connectivity index (χ3v) is 3.65. The van der Waals surface area contributed by atoms with Gasteiger partial charge < -0.3 is 9.88 Å². The van der Waals surface area contributed by atoms with E-state index in [0.29, 0.717) is 6.04 Å². The Morgan fingerprint density at radius 2 is 2.05 bits per heavy atom. The summed E-state index contributed by atoms with van der Waals surface area (Å²) in [6.07, 6.45) is 8.89. The largest absolute Gasteiger partial charge is 0.379 e. The molecule has 3 nitrogen and oxygen atoms in total. The van der Waals surface area contributed by atoms with E-state index in [0.717, 1.165) is 13.0 Å². The monoisotopic (exact) mass is 255 g/mol. The quantitative estimate of drug-likeness (QED) is 0.851. The van der Waals surface area contributed by atoms with Crippen LogP contribution in [0.5, 0.6) is 0 Å². The highest BCUT2D eigenvalue weighted by Crippen LogP contribution is 2.35. The number of nitrogens with one attached hydrogen (secondary N) is 1. The highest BCUT2D eigenvalue weighted by molar-refractivity contribution is 5.44. The Hall–Kier alpha value is -1.77. The molecule has 1 N–H and O–H groups in total. The highest BCUT2D eigenvalue weighted by Gasteiger charge is 2.24. The Bertz CT molecular complexity index is 523. The molecule has 0 atom stereocenters. The Morgan fingerprint density at radius 3 is 2.74 bits per heavy atom. The van der Waals surface area contributed by atoms with Crippen molar-refractivity contribution in [2.24, 2.45) is 0 Å². The van der Waals surface area contributed by atoms with Gasteiger partial charge in [0, 0.05) is 17.9 Å². The van der Waals surface area contributed by atoms with Gasteiger partial charge in [-0.3, -0.25) is 0 Å². The summed E-state index contributed by atoms with van der Waals surface area (Å²) in [5.74, 6) is 0. The van der Waals surface area contributed by atoms with Gasteiger partial charge in [-0.25, -0.2) is 4.98 Å². The van der Waals surface area contributed by atoms with E-state index in [4.69, 9.17) is 0 Å². The molecule has 1 aliphatic rings. The smallest absolute Gasteiger partial charge is 0.0951 e. The third kappa shape index (κ3) is 2.98. The van der Waals surface area contributed by atoms with Crippen molar-refractivity contribution in [3.63, 3.8) is 0 Å². The molecule has 100 valence electrons. The first-order valence-electron chi connectivity index (χ1n) is 7.20. The van der Waals surface area contributed by atoms with E-state index >= 15 is 0 Å². The lowest BCUT2D eigenvalue weighted by molar-refractivity contribution is 0.701. The fraction of sp³-hybridized carbons (Fsp3) is 0.438. The molecule has 3 rings (SSSR count). The molecule has 0 aliphatic heterocycles. The maximum Gasteiger partial charge on any atom is 0.0951 e. The van der Waals surface area contributed by atoms with Crippen LogP contribution in [0.25, 0.3) is 0 Å². The molecule has 0 spiro atoms. The molecule has 1 heterocycles. The maximum atomic E-state index is 4.26. The number of anilines is 1. The molecule has 19 heavy (non-hydrogen) atoms. The van der Waals surface area contributed by atoms with E-state index in [1.165, 1.54) is 36.2 Å². The Balaban J connectivity index is 1.60. The Labute approximate surface area is 114 Å². The van der Waals surface area contributed by atoms with Gasteiger partial charge in [0.1, 0.15) is 0 Å². The van der Waals surface area contributed by atoms with Crippen LogP contribution in [0, 0.1) is 0 Å². The van der Waals surface area contributed by atoms with Crippen molar-refractivity contribution in [2.75, 3.05) is 5.32 Å². The second-order valence-electron chi connectivity index (χ2n) is 5.32. The minimum atomic E-state index is 0.700. The third-order valence-electron chi connectivity index (χ3n) is 3.65. The average molecular weight is 255 g/mol. The zero-order valence-corrected chi connectivity index (χ0v) is 11.5. The lowest BCUT2D eigenvalue weighted by Gasteiger charge is -2.09. The van der Waals surface area contributed by atoms with Crippen LogP contribution in [0.2, 0.25) is 0 Å². The number of rotatable bonds is 6. The van der Waals surface area contributed by atoms with Gasteiger partial charge in [0.25, 0.3) is 0 Å². The molecule has 0 radical (unpaired) electrons. The summed E-state index contributed by atoms with van der Waals surface area (Å²) in [4.78, 5) is 4.26. The van der Waals surface area contributed by atoms with Crippen LogP contribution in [0.4, 0.5) is 5.69 Å². The average Bonchev–Trinajstić information content (AvgIpc) is 3.17. The topological polar surface area (TPSA) is 29.9 Å². The lowest BCUT2D eigenvalue weighted by Crippen LogP contribution is -2.05. The predicted molar refractivity (Wildman–Crippen MR) is 78.3 cm³/mol. The van der Waals surface area contributed by atoms with Crippen LogP contribution in [-0.4, -0.2) is 9.55 Å². The van der Waals surface area contributed by atoms with Crippen molar-refractivity contribution < 1.29 is 0 Å². The van der Waals surface area contributed by atoms with Gasteiger partial charge in [-0.2, -0.15) is 0 Å². The number of nitrogens with zero attached hydrogens (tertiary/aromatic N) is 2. The minimum absolute atomic E-state index is 0.700. The molecule has 2 aromatic rings. The molecule has 3 heteroatoms. The van der Waals surface area contributed by atoms with Crippen LogP contribution in [0.1, 0.15) is 43.5 Å². The van der Waals surface area contributed by atoms with Crippen LogP contribution >= 0.6 is 0 Å². The van der Waals surface area contributed by atoms with Gasteiger partial charge in [-0.15, -0.1) is 0 Å². The second kappa shape index (κ2) is 5.47. The van der Waals surface area contributed by atoms with Gasteiger partial charge in [-0.1, -0.05) is 25.5 Å².